The van der Waals surface area contributed by atoms with Crippen LogP contribution in [-0.4, -0.2) is 27.6 Å². The Balaban J connectivity index is 2.49. The predicted molar refractivity (Wildman–Crippen MR) is 74.0 cm³/mol. The van der Waals surface area contributed by atoms with Gasteiger partial charge in [-0.25, -0.2) is 0 Å². The van der Waals surface area contributed by atoms with Gasteiger partial charge in [-0.3, -0.25) is 9.48 Å². The van der Waals surface area contributed by atoms with Crippen LogP contribution >= 0.6 is 11.6 Å². The van der Waals surface area contributed by atoms with Gasteiger partial charge in [0.05, 0.1) is 17.1 Å². The first-order valence-electron chi connectivity index (χ1n) is 6.11. The number of hydrogen-bond donors (Lipinski definition) is 1. The normalized spacial score (nSPS) is 13.4. The minimum Gasteiger partial charge on any atom is -0.350 e. The van der Waals surface area contributed by atoms with E-state index in [1.54, 1.807) is 10.9 Å². The van der Waals surface area contributed by atoms with E-state index < -0.39 is 0 Å². The molecule has 0 saturated carbocycles. The molecule has 0 fully saturated rings. The van der Waals surface area contributed by atoms with Gasteiger partial charge >= 0.3 is 0 Å². The molecule has 4 nitrogen and oxygen atoms in total. The summed E-state index contributed by atoms with van der Waals surface area (Å²) in [5, 5.41) is 6.85. The Hall–Kier alpha value is -1.03. The summed E-state index contributed by atoms with van der Waals surface area (Å²) in [6, 6.07) is 0. The zero-order valence-corrected chi connectivity index (χ0v) is 12.5. The molecule has 18 heavy (non-hydrogen) atoms. The number of rotatable bonds is 4. The summed E-state index contributed by atoms with van der Waals surface area (Å²) < 4.78 is 1.68. The zero-order valence-electron chi connectivity index (χ0n) is 11.7. The maximum absolute atomic E-state index is 11.9. The van der Waals surface area contributed by atoms with Crippen molar-refractivity contribution in [3.8, 4) is 0 Å². The quantitative estimate of drug-likeness (QED) is 0.856. The average Bonchev–Trinajstić information content (AvgIpc) is 2.54. The van der Waals surface area contributed by atoms with Gasteiger partial charge in [0.2, 0.25) is 0 Å². The second kappa shape index (κ2) is 5.74. The fourth-order valence-corrected chi connectivity index (χ4v) is 2.30. The van der Waals surface area contributed by atoms with Gasteiger partial charge in [-0.05, 0) is 18.8 Å². The summed E-state index contributed by atoms with van der Waals surface area (Å²) in [5.41, 5.74) is 1.63. The standard InChI is InChI=1S/C13H22ClN3O/c1-9-11(8-16-17(9)5)12(18)15-7-10(14)6-13(2,3)4/h8,10H,6-7H2,1-5H3,(H,15,18). The molecule has 1 amide bonds. The lowest BCUT2D eigenvalue weighted by molar-refractivity contribution is 0.0951. The highest BCUT2D eigenvalue weighted by molar-refractivity contribution is 6.21. The molecule has 0 aliphatic heterocycles. The molecule has 1 rings (SSSR count). The van der Waals surface area contributed by atoms with Crippen molar-refractivity contribution in [2.75, 3.05) is 6.54 Å². The van der Waals surface area contributed by atoms with Gasteiger partial charge in [0.1, 0.15) is 0 Å². The first-order valence-corrected chi connectivity index (χ1v) is 6.55. The first kappa shape index (κ1) is 15.0. The van der Waals surface area contributed by atoms with Crippen LogP contribution in [0.2, 0.25) is 0 Å². The number of aromatic nitrogens is 2. The fourth-order valence-electron chi connectivity index (χ4n) is 1.76. The lowest BCUT2D eigenvalue weighted by Gasteiger charge is -2.21. The molecule has 0 spiro atoms. The third-order valence-electron chi connectivity index (χ3n) is 2.80. The van der Waals surface area contributed by atoms with Crippen molar-refractivity contribution < 1.29 is 4.79 Å². The van der Waals surface area contributed by atoms with Crippen LogP contribution in [0.25, 0.3) is 0 Å². The number of carbonyl (C=O) groups excluding carboxylic acids is 1. The van der Waals surface area contributed by atoms with Crippen molar-refractivity contribution in [2.45, 2.75) is 39.5 Å². The third-order valence-corrected chi connectivity index (χ3v) is 3.11. The molecule has 102 valence electrons. The number of aryl methyl sites for hydroxylation is 1. The highest BCUT2D eigenvalue weighted by Gasteiger charge is 2.18. The maximum Gasteiger partial charge on any atom is 0.254 e. The smallest absolute Gasteiger partial charge is 0.254 e. The van der Waals surface area contributed by atoms with Crippen LogP contribution in [0.3, 0.4) is 0 Å². The Morgan fingerprint density at radius 1 is 1.56 bits per heavy atom. The van der Waals surface area contributed by atoms with Crippen molar-refractivity contribution in [1.82, 2.24) is 15.1 Å². The van der Waals surface area contributed by atoms with Gasteiger partial charge in [-0.15, -0.1) is 11.6 Å². The molecule has 0 aliphatic rings. The molecule has 1 atom stereocenters. The molecule has 0 aliphatic carbocycles. The van der Waals surface area contributed by atoms with E-state index in [4.69, 9.17) is 11.6 Å². The van der Waals surface area contributed by atoms with Crippen molar-refractivity contribution in [3.05, 3.63) is 17.5 Å². The number of alkyl halides is 1. The molecule has 1 aromatic rings. The van der Waals surface area contributed by atoms with Crippen molar-refractivity contribution >= 4 is 17.5 Å². The lowest BCUT2D eigenvalue weighted by Crippen LogP contribution is -2.31. The van der Waals surface area contributed by atoms with Crippen LogP contribution in [0.4, 0.5) is 0 Å². The minimum absolute atomic E-state index is 0.0501. The van der Waals surface area contributed by atoms with Gasteiger partial charge in [-0.2, -0.15) is 5.10 Å². The van der Waals surface area contributed by atoms with E-state index in [0.717, 1.165) is 12.1 Å². The summed E-state index contributed by atoms with van der Waals surface area (Å²) in [5.74, 6) is -0.111. The summed E-state index contributed by atoms with van der Waals surface area (Å²) in [4.78, 5) is 11.9. The first-order chi connectivity index (χ1) is 8.20. The van der Waals surface area contributed by atoms with Gasteiger partial charge in [0.25, 0.3) is 5.91 Å². The Bertz CT molecular complexity index is 420. The number of nitrogens with one attached hydrogen (secondary N) is 1. The molecule has 0 bridgehead atoms. The maximum atomic E-state index is 11.9. The Morgan fingerprint density at radius 3 is 2.61 bits per heavy atom. The summed E-state index contributed by atoms with van der Waals surface area (Å²) >= 11 is 6.21. The van der Waals surface area contributed by atoms with Crippen molar-refractivity contribution in [3.63, 3.8) is 0 Å². The average molecular weight is 272 g/mol. The van der Waals surface area contributed by atoms with Crippen LogP contribution in [0.1, 0.15) is 43.2 Å². The molecule has 1 aromatic heterocycles. The van der Waals surface area contributed by atoms with Crippen molar-refractivity contribution in [1.29, 1.82) is 0 Å². The Kier molecular flexibility index (Phi) is 4.79. The molecular formula is C13H22ClN3O. The van der Waals surface area contributed by atoms with Crippen molar-refractivity contribution in [2.24, 2.45) is 12.5 Å². The zero-order chi connectivity index (χ0) is 13.9. The second-order valence-corrected chi connectivity index (χ2v) is 6.46. The molecule has 0 aromatic carbocycles. The van der Waals surface area contributed by atoms with E-state index in [0.29, 0.717) is 12.1 Å². The molecule has 1 N–H and O–H groups in total. The highest BCUT2D eigenvalue weighted by Crippen LogP contribution is 2.23. The Morgan fingerprint density at radius 2 is 2.17 bits per heavy atom. The highest BCUT2D eigenvalue weighted by atomic mass is 35.5. The predicted octanol–water partition coefficient (Wildman–Crippen LogP) is 2.50. The molecule has 1 heterocycles. The molecule has 5 heteroatoms. The van der Waals surface area contributed by atoms with E-state index in [-0.39, 0.29) is 16.7 Å². The monoisotopic (exact) mass is 271 g/mol. The minimum atomic E-state index is -0.111. The molecule has 1 unspecified atom stereocenters. The lowest BCUT2D eigenvalue weighted by atomic mass is 9.90. The van der Waals surface area contributed by atoms with Crippen LogP contribution in [-0.2, 0) is 7.05 Å². The number of nitrogens with zero attached hydrogens (tertiary/aromatic N) is 2. The van der Waals surface area contributed by atoms with Crippen LogP contribution in [0.15, 0.2) is 6.20 Å². The molecular weight excluding hydrogens is 250 g/mol. The van der Waals surface area contributed by atoms with Gasteiger partial charge < -0.3 is 5.32 Å². The molecule has 0 saturated heterocycles. The number of halogens is 1. The number of amides is 1. The summed E-state index contributed by atoms with van der Waals surface area (Å²) in [6.45, 7) is 8.75. The van der Waals surface area contributed by atoms with Gasteiger partial charge in [0, 0.05) is 19.3 Å². The van der Waals surface area contributed by atoms with E-state index in [1.807, 2.05) is 14.0 Å². The van der Waals surface area contributed by atoms with E-state index in [2.05, 4.69) is 31.2 Å². The largest absolute Gasteiger partial charge is 0.350 e. The topological polar surface area (TPSA) is 46.9 Å². The number of hydrogen-bond acceptors (Lipinski definition) is 2. The summed E-state index contributed by atoms with van der Waals surface area (Å²) in [7, 11) is 1.82. The number of carbonyl (C=O) groups is 1. The molecule has 0 radical (unpaired) electrons. The van der Waals surface area contributed by atoms with Crippen LogP contribution in [0.5, 0.6) is 0 Å². The fraction of sp³-hybridized carbons (Fsp3) is 0.692. The van der Waals surface area contributed by atoms with Gasteiger partial charge in [0.15, 0.2) is 0 Å². The second-order valence-electron chi connectivity index (χ2n) is 5.84. The third kappa shape index (κ3) is 4.33. The van der Waals surface area contributed by atoms with Crippen LogP contribution < -0.4 is 5.32 Å². The summed E-state index contributed by atoms with van der Waals surface area (Å²) in [6.07, 6.45) is 2.44. The van der Waals surface area contributed by atoms with E-state index in [1.165, 1.54) is 0 Å². The van der Waals surface area contributed by atoms with Gasteiger partial charge in [-0.1, -0.05) is 20.8 Å². The van der Waals surface area contributed by atoms with E-state index >= 15 is 0 Å². The SMILES string of the molecule is Cc1c(C(=O)NCC(Cl)CC(C)(C)C)cnn1C. The van der Waals surface area contributed by atoms with Crippen LogP contribution in [0, 0.1) is 12.3 Å². The Labute approximate surface area is 114 Å². The van der Waals surface area contributed by atoms with E-state index in [9.17, 15) is 4.79 Å².